The van der Waals surface area contributed by atoms with E-state index in [0.717, 1.165) is 5.56 Å². The van der Waals surface area contributed by atoms with Crippen molar-refractivity contribution in [2.45, 2.75) is 83.8 Å². The third-order valence-electron chi connectivity index (χ3n) is 4.58. The smallest absolute Gasteiger partial charge is 0.408 e. The van der Waals surface area contributed by atoms with E-state index in [-0.39, 0.29) is 18.8 Å². The maximum atomic E-state index is 12.3. The lowest BCUT2D eigenvalue weighted by Gasteiger charge is -2.30. The fourth-order valence-electron chi connectivity index (χ4n) is 3.07. The standard InChI is InChI=1S/C22H32N2O6/c1-15(23-20(26)28-14-16-8-6-5-7-9-16)19(25)29-18-12-10-17(11-13-18)24-21(27)30-22(2,3)4/h5-9,15,17-18H,10-14H2,1-4H3,(H,23,26)(H,24,27)/t15-,17?,18?/m0/s1. The van der Waals surface area contributed by atoms with Crippen molar-refractivity contribution < 1.29 is 28.6 Å². The molecule has 1 aromatic rings. The van der Waals surface area contributed by atoms with Gasteiger partial charge in [0, 0.05) is 6.04 Å². The zero-order chi connectivity index (χ0) is 22.1. The molecule has 8 heteroatoms. The molecular formula is C22H32N2O6. The molecule has 1 aliphatic carbocycles. The number of hydrogen-bond acceptors (Lipinski definition) is 6. The van der Waals surface area contributed by atoms with Gasteiger partial charge in [0.05, 0.1) is 0 Å². The monoisotopic (exact) mass is 420 g/mol. The fraction of sp³-hybridized carbons (Fsp3) is 0.591. The van der Waals surface area contributed by atoms with Gasteiger partial charge in [-0.25, -0.2) is 14.4 Å². The van der Waals surface area contributed by atoms with Gasteiger partial charge in [0.25, 0.3) is 0 Å². The summed E-state index contributed by atoms with van der Waals surface area (Å²) in [4.78, 5) is 36.0. The van der Waals surface area contributed by atoms with Crippen molar-refractivity contribution in [3.8, 4) is 0 Å². The Kier molecular flexibility index (Phi) is 8.50. The van der Waals surface area contributed by atoms with Gasteiger partial charge in [0.1, 0.15) is 24.4 Å². The number of benzene rings is 1. The first-order chi connectivity index (χ1) is 14.1. The van der Waals surface area contributed by atoms with E-state index in [9.17, 15) is 14.4 Å². The Bertz CT molecular complexity index is 708. The molecule has 0 aliphatic heterocycles. The van der Waals surface area contributed by atoms with Crippen LogP contribution < -0.4 is 10.6 Å². The molecule has 0 bridgehead atoms. The van der Waals surface area contributed by atoms with Gasteiger partial charge in [-0.05, 0) is 58.9 Å². The van der Waals surface area contributed by atoms with E-state index in [2.05, 4.69) is 10.6 Å². The number of nitrogens with one attached hydrogen (secondary N) is 2. The lowest BCUT2D eigenvalue weighted by molar-refractivity contribution is -0.152. The van der Waals surface area contributed by atoms with Crippen LogP contribution in [0.5, 0.6) is 0 Å². The van der Waals surface area contributed by atoms with E-state index in [1.807, 2.05) is 51.1 Å². The number of hydrogen-bond donors (Lipinski definition) is 2. The Balaban J connectivity index is 1.66. The van der Waals surface area contributed by atoms with Crippen LogP contribution in [0.15, 0.2) is 30.3 Å². The Labute approximate surface area is 177 Å². The lowest BCUT2D eigenvalue weighted by atomic mass is 9.93. The summed E-state index contributed by atoms with van der Waals surface area (Å²) in [5.41, 5.74) is 0.321. The van der Waals surface area contributed by atoms with Crippen LogP contribution in [-0.2, 0) is 25.6 Å². The van der Waals surface area contributed by atoms with Crippen molar-refractivity contribution in [1.82, 2.24) is 10.6 Å². The second-order valence-electron chi connectivity index (χ2n) is 8.48. The molecule has 0 heterocycles. The van der Waals surface area contributed by atoms with Gasteiger partial charge in [0.2, 0.25) is 0 Å². The average Bonchev–Trinajstić information content (AvgIpc) is 2.67. The molecule has 2 rings (SSSR count). The summed E-state index contributed by atoms with van der Waals surface area (Å²) in [6, 6.07) is 8.47. The third-order valence-corrected chi connectivity index (χ3v) is 4.58. The molecule has 1 aromatic carbocycles. The van der Waals surface area contributed by atoms with E-state index in [4.69, 9.17) is 14.2 Å². The summed E-state index contributed by atoms with van der Waals surface area (Å²) in [5.74, 6) is -0.504. The molecule has 1 aliphatic rings. The first-order valence-corrected chi connectivity index (χ1v) is 10.3. The Morgan fingerprint density at radius 3 is 2.27 bits per heavy atom. The second-order valence-corrected chi connectivity index (χ2v) is 8.48. The maximum absolute atomic E-state index is 12.3. The molecule has 0 unspecified atom stereocenters. The molecule has 0 spiro atoms. The molecule has 0 aromatic heterocycles. The highest BCUT2D eigenvalue weighted by Crippen LogP contribution is 2.22. The predicted molar refractivity (Wildman–Crippen MR) is 111 cm³/mol. The molecular weight excluding hydrogens is 388 g/mol. The van der Waals surface area contributed by atoms with Crippen molar-refractivity contribution in [1.29, 1.82) is 0 Å². The highest BCUT2D eigenvalue weighted by molar-refractivity contribution is 5.81. The minimum absolute atomic E-state index is 0.00156. The highest BCUT2D eigenvalue weighted by Gasteiger charge is 2.28. The first kappa shape index (κ1) is 23.5. The zero-order valence-corrected chi connectivity index (χ0v) is 18.1. The van der Waals surface area contributed by atoms with Crippen LogP contribution in [0, 0.1) is 0 Å². The zero-order valence-electron chi connectivity index (χ0n) is 18.1. The van der Waals surface area contributed by atoms with Crippen LogP contribution >= 0.6 is 0 Å². The molecule has 1 saturated carbocycles. The van der Waals surface area contributed by atoms with Crippen LogP contribution in [0.3, 0.4) is 0 Å². The fourth-order valence-corrected chi connectivity index (χ4v) is 3.07. The van der Waals surface area contributed by atoms with E-state index in [1.54, 1.807) is 6.92 Å². The summed E-state index contributed by atoms with van der Waals surface area (Å²) in [7, 11) is 0. The number of esters is 1. The van der Waals surface area contributed by atoms with Crippen LogP contribution in [-0.4, -0.2) is 41.9 Å². The van der Waals surface area contributed by atoms with Gasteiger partial charge in [-0.2, -0.15) is 0 Å². The van der Waals surface area contributed by atoms with Crippen molar-refractivity contribution in [2.24, 2.45) is 0 Å². The minimum atomic E-state index is -0.814. The summed E-state index contributed by atoms with van der Waals surface area (Å²) < 4.78 is 15.9. The third kappa shape index (κ3) is 8.71. The number of ether oxygens (including phenoxy) is 3. The van der Waals surface area contributed by atoms with Gasteiger partial charge in [-0.3, -0.25) is 0 Å². The number of alkyl carbamates (subject to hydrolysis) is 2. The van der Waals surface area contributed by atoms with E-state index in [1.165, 1.54) is 0 Å². The average molecular weight is 421 g/mol. The summed E-state index contributed by atoms with van der Waals surface area (Å²) in [5, 5.41) is 5.34. The molecule has 1 fully saturated rings. The van der Waals surface area contributed by atoms with Crippen LogP contribution in [0.25, 0.3) is 0 Å². The molecule has 1 atom stereocenters. The minimum Gasteiger partial charge on any atom is -0.461 e. The first-order valence-electron chi connectivity index (χ1n) is 10.3. The predicted octanol–water partition coefficient (Wildman–Crippen LogP) is 3.68. The Hall–Kier alpha value is -2.77. The summed E-state index contributed by atoms with van der Waals surface area (Å²) in [6.45, 7) is 7.13. The molecule has 0 saturated heterocycles. The molecule has 2 amide bonds. The summed E-state index contributed by atoms with van der Waals surface area (Å²) >= 11 is 0. The lowest BCUT2D eigenvalue weighted by Crippen LogP contribution is -2.44. The molecule has 0 radical (unpaired) electrons. The van der Waals surface area contributed by atoms with Crippen LogP contribution in [0.1, 0.15) is 58.9 Å². The molecule has 2 N–H and O–H groups in total. The normalized spacial score (nSPS) is 19.9. The Morgan fingerprint density at radius 2 is 1.67 bits per heavy atom. The molecule has 30 heavy (non-hydrogen) atoms. The SMILES string of the molecule is C[C@H](NC(=O)OCc1ccccc1)C(=O)OC1CCC(NC(=O)OC(C)(C)C)CC1. The van der Waals surface area contributed by atoms with Gasteiger partial charge in [-0.1, -0.05) is 30.3 Å². The van der Waals surface area contributed by atoms with E-state index >= 15 is 0 Å². The topological polar surface area (TPSA) is 103 Å². The number of carbonyl (C=O) groups is 3. The van der Waals surface area contributed by atoms with E-state index in [0.29, 0.717) is 25.7 Å². The number of carbonyl (C=O) groups excluding carboxylic acids is 3. The van der Waals surface area contributed by atoms with Crippen molar-refractivity contribution in [3.05, 3.63) is 35.9 Å². The van der Waals surface area contributed by atoms with E-state index < -0.39 is 29.8 Å². The van der Waals surface area contributed by atoms with Crippen molar-refractivity contribution in [3.63, 3.8) is 0 Å². The number of amides is 2. The Morgan fingerprint density at radius 1 is 1.03 bits per heavy atom. The van der Waals surface area contributed by atoms with Gasteiger partial charge >= 0.3 is 18.2 Å². The van der Waals surface area contributed by atoms with Crippen molar-refractivity contribution in [2.75, 3.05) is 0 Å². The van der Waals surface area contributed by atoms with Crippen molar-refractivity contribution >= 4 is 18.2 Å². The second kappa shape index (κ2) is 10.8. The van der Waals surface area contributed by atoms with Gasteiger partial charge < -0.3 is 24.8 Å². The maximum Gasteiger partial charge on any atom is 0.408 e. The van der Waals surface area contributed by atoms with Crippen LogP contribution in [0.2, 0.25) is 0 Å². The largest absolute Gasteiger partial charge is 0.461 e. The van der Waals surface area contributed by atoms with Gasteiger partial charge in [-0.15, -0.1) is 0 Å². The number of rotatable bonds is 6. The highest BCUT2D eigenvalue weighted by atomic mass is 16.6. The quantitative estimate of drug-likeness (QED) is 0.538. The molecule has 166 valence electrons. The summed E-state index contributed by atoms with van der Waals surface area (Å²) in [6.07, 6.45) is 1.31. The van der Waals surface area contributed by atoms with Gasteiger partial charge in [0.15, 0.2) is 0 Å². The molecule has 8 nitrogen and oxygen atoms in total. The van der Waals surface area contributed by atoms with Crippen LogP contribution in [0.4, 0.5) is 9.59 Å².